The summed E-state index contributed by atoms with van der Waals surface area (Å²) < 4.78 is 0. The molecular formula is C23H27N3O3. The zero-order valence-electron chi connectivity index (χ0n) is 17.3. The lowest BCUT2D eigenvalue weighted by atomic mass is 10.1. The minimum Gasteiger partial charge on any atom is -0.347 e. The minimum atomic E-state index is -0.463. The van der Waals surface area contributed by atoms with Gasteiger partial charge in [-0.25, -0.2) is 0 Å². The predicted octanol–water partition coefficient (Wildman–Crippen LogP) is 3.03. The molecule has 0 radical (unpaired) electrons. The first-order valence-corrected chi connectivity index (χ1v) is 9.78. The van der Waals surface area contributed by atoms with Crippen molar-refractivity contribution in [3.63, 3.8) is 0 Å². The van der Waals surface area contributed by atoms with Gasteiger partial charge in [-0.3, -0.25) is 14.4 Å². The van der Waals surface area contributed by atoms with Crippen molar-refractivity contribution in [3.05, 3.63) is 58.7 Å². The van der Waals surface area contributed by atoms with Gasteiger partial charge in [-0.15, -0.1) is 0 Å². The normalized spacial score (nSPS) is 16.1. The zero-order valence-corrected chi connectivity index (χ0v) is 17.3. The maximum Gasteiger partial charge on any atom is 0.243 e. The summed E-state index contributed by atoms with van der Waals surface area (Å²) in [6.07, 6.45) is 0.151. The van der Waals surface area contributed by atoms with E-state index in [9.17, 15) is 14.4 Å². The molecule has 29 heavy (non-hydrogen) atoms. The van der Waals surface area contributed by atoms with Gasteiger partial charge in [-0.05, 0) is 56.0 Å². The molecule has 0 aliphatic carbocycles. The van der Waals surface area contributed by atoms with Gasteiger partial charge in [0, 0.05) is 24.3 Å². The van der Waals surface area contributed by atoms with Gasteiger partial charge >= 0.3 is 0 Å². The van der Waals surface area contributed by atoms with Crippen LogP contribution in [-0.2, 0) is 14.4 Å². The molecule has 3 amide bonds. The molecule has 0 saturated carbocycles. The summed E-state index contributed by atoms with van der Waals surface area (Å²) in [5.41, 5.74) is 5.69. The molecule has 0 spiro atoms. The van der Waals surface area contributed by atoms with Gasteiger partial charge in [-0.2, -0.15) is 0 Å². The number of amides is 3. The first-order valence-electron chi connectivity index (χ1n) is 9.78. The SMILES string of the molecule is Cc1cccc(N2C[C@H](C(=O)NCC(=O)Nc3c(C)cccc3C)CC2=O)c1C. The van der Waals surface area contributed by atoms with E-state index in [-0.39, 0.29) is 30.7 Å². The Morgan fingerprint density at radius 3 is 2.31 bits per heavy atom. The highest BCUT2D eigenvalue weighted by molar-refractivity contribution is 6.02. The Labute approximate surface area is 171 Å². The number of nitrogens with one attached hydrogen (secondary N) is 2. The number of aryl methyl sites for hydroxylation is 3. The highest BCUT2D eigenvalue weighted by Crippen LogP contribution is 2.29. The summed E-state index contributed by atoms with van der Waals surface area (Å²) in [6, 6.07) is 11.6. The summed E-state index contributed by atoms with van der Waals surface area (Å²) in [5, 5.41) is 5.52. The summed E-state index contributed by atoms with van der Waals surface area (Å²) in [4.78, 5) is 38.9. The van der Waals surface area contributed by atoms with Crippen LogP contribution in [-0.4, -0.2) is 30.8 Å². The summed E-state index contributed by atoms with van der Waals surface area (Å²) in [5.74, 6) is -1.09. The molecule has 0 bridgehead atoms. The van der Waals surface area contributed by atoms with E-state index in [1.807, 2.05) is 64.1 Å². The molecule has 0 unspecified atom stereocenters. The van der Waals surface area contributed by atoms with Gasteiger partial charge < -0.3 is 15.5 Å². The third kappa shape index (κ3) is 4.47. The number of carbonyl (C=O) groups excluding carboxylic acids is 3. The van der Waals surface area contributed by atoms with Crippen molar-refractivity contribution in [2.45, 2.75) is 34.1 Å². The fraction of sp³-hybridized carbons (Fsp3) is 0.348. The number of benzene rings is 2. The molecule has 1 aliphatic rings. The molecule has 1 atom stereocenters. The Morgan fingerprint density at radius 1 is 1.00 bits per heavy atom. The van der Waals surface area contributed by atoms with E-state index < -0.39 is 5.92 Å². The van der Waals surface area contributed by atoms with E-state index in [1.165, 1.54) is 0 Å². The van der Waals surface area contributed by atoms with Crippen LogP contribution in [0.25, 0.3) is 0 Å². The number of hydrogen-bond donors (Lipinski definition) is 2. The van der Waals surface area contributed by atoms with Crippen LogP contribution in [0.4, 0.5) is 11.4 Å². The molecule has 1 aliphatic heterocycles. The van der Waals surface area contributed by atoms with Crippen molar-refractivity contribution < 1.29 is 14.4 Å². The third-order valence-corrected chi connectivity index (χ3v) is 5.53. The lowest BCUT2D eigenvalue weighted by molar-refractivity contribution is -0.127. The van der Waals surface area contributed by atoms with Gasteiger partial charge in [0.1, 0.15) is 0 Å². The van der Waals surface area contributed by atoms with Gasteiger partial charge in [0.2, 0.25) is 17.7 Å². The van der Waals surface area contributed by atoms with E-state index in [2.05, 4.69) is 10.6 Å². The van der Waals surface area contributed by atoms with Crippen LogP contribution >= 0.6 is 0 Å². The number of rotatable bonds is 5. The smallest absolute Gasteiger partial charge is 0.243 e. The molecule has 3 rings (SSSR count). The molecule has 1 saturated heterocycles. The standard InChI is InChI=1S/C23H27N3O3/c1-14-7-6-10-19(17(14)4)26-13-18(11-21(26)28)23(29)24-12-20(27)25-22-15(2)8-5-9-16(22)3/h5-10,18H,11-13H2,1-4H3,(H,24,29)(H,25,27)/t18-/m1/s1. The Hall–Kier alpha value is -3.15. The first-order chi connectivity index (χ1) is 13.8. The van der Waals surface area contributed by atoms with Crippen LogP contribution in [0.2, 0.25) is 0 Å². The first kappa shape index (κ1) is 20.6. The predicted molar refractivity (Wildman–Crippen MR) is 114 cm³/mol. The van der Waals surface area contributed by atoms with Crippen LogP contribution in [0.5, 0.6) is 0 Å². The number of nitrogens with zero attached hydrogens (tertiary/aromatic N) is 1. The highest BCUT2D eigenvalue weighted by atomic mass is 16.2. The molecule has 0 aromatic heterocycles. The third-order valence-electron chi connectivity index (χ3n) is 5.53. The number of para-hydroxylation sites is 1. The molecule has 2 aromatic rings. The second-order valence-electron chi connectivity index (χ2n) is 7.66. The lowest BCUT2D eigenvalue weighted by Gasteiger charge is -2.20. The Bertz CT molecular complexity index is 948. The van der Waals surface area contributed by atoms with Crippen LogP contribution in [0.3, 0.4) is 0 Å². The van der Waals surface area contributed by atoms with Gasteiger partial charge in [0.05, 0.1) is 12.5 Å². The van der Waals surface area contributed by atoms with E-state index >= 15 is 0 Å². The molecule has 1 fully saturated rings. The Kier molecular flexibility index (Phi) is 6.01. The average Bonchev–Trinajstić information content (AvgIpc) is 3.06. The van der Waals surface area contributed by atoms with Crippen molar-refractivity contribution in [1.29, 1.82) is 0 Å². The summed E-state index contributed by atoms with van der Waals surface area (Å²) >= 11 is 0. The van der Waals surface area contributed by atoms with E-state index in [1.54, 1.807) is 4.90 Å². The van der Waals surface area contributed by atoms with Crippen LogP contribution < -0.4 is 15.5 Å². The fourth-order valence-electron chi connectivity index (χ4n) is 3.65. The molecule has 2 N–H and O–H groups in total. The van der Waals surface area contributed by atoms with Crippen molar-refractivity contribution in [2.75, 3.05) is 23.3 Å². The fourth-order valence-corrected chi connectivity index (χ4v) is 3.65. The summed E-state index contributed by atoms with van der Waals surface area (Å²) in [6.45, 7) is 8.02. The Morgan fingerprint density at radius 2 is 1.62 bits per heavy atom. The van der Waals surface area contributed by atoms with Crippen LogP contribution in [0, 0.1) is 33.6 Å². The monoisotopic (exact) mass is 393 g/mol. The maximum absolute atomic E-state index is 12.5. The van der Waals surface area contributed by atoms with E-state index in [4.69, 9.17) is 0 Å². The minimum absolute atomic E-state index is 0.0705. The maximum atomic E-state index is 12.5. The average molecular weight is 393 g/mol. The second-order valence-corrected chi connectivity index (χ2v) is 7.66. The van der Waals surface area contributed by atoms with Gasteiger partial charge in [0.15, 0.2) is 0 Å². The zero-order chi connectivity index (χ0) is 21.1. The topological polar surface area (TPSA) is 78.5 Å². The van der Waals surface area contributed by atoms with E-state index in [0.717, 1.165) is 33.6 Å². The van der Waals surface area contributed by atoms with Crippen LogP contribution in [0.15, 0.2) is 36.4 Å². The van der Waals surface area contributed by atoms with Crippen molar-refractivity contribution >= 4 is 29.1 Å². The molecule has 6 heteroatoms. The highest BCUT2D eigenvalue weighted by Gasteiger charge is 2.35. The quantitative estimate of drug-likeness (QED) is 0.820. The molecule has 2 aromatic carbocycles. The number of anilines is 2. The molecule has 6 nitrogen and oxygen atoms in total. The van der Waals surface area contributed by atoms with Crippen molar-refractivity contribution in [1.82, 2.24) is 5.32 Å². The van der Waals surface area contributed by atoms with Crippen molar-refractivity contribution in [3.8, 4) is 0 Å². The molecule has 152 valence electrons. The molecular weight excluding hydrogens is 366 g/mol. The van der Waals surface area contributed by atoms with Gasteiger partial charge in [-0.1, -0.05) is 30.3 Å². The number of hydrogen-bond acceptors (Lipinski definition) is 3. The lowest BCUT2D eigenvalue weighted by Crippen LogP contribution is -2.38. The Balaban J connectivity index is 1.58. The largest absolute Gasteiger partial charge is 0.347 e. The molecule has 1 heterocycles. The van der Waals surface area contributed by atoms with E-state index in [0.29, 0.717) is 6.54 Å². The summed E-state index contributed by atoms with van der Waals surface area (Å²) in [7, 11) is 0. The van der Waals surface area contributed by atoms with Crippen LogP contribution in [0.1, 0.15) is 28.7 Å². The van der Waals surface area contributed by atoms with Gasteiger partial charge in [0.25, 0.3) is 0 Å². The number of carbonyl (C=O) groups is 3. The second kappa shape index (κ2) is 8.47. The van der Waals surface area contributed by atoms with Crippen molar-refractivity contribution in [2.24, 2.45) is 5.92 Å².